The lowest BCUT2D eigenvalue weighted by molar-refractivity contribution is 0.338. The second kappa shape index (κ2) is 11.1. The number of ether oxygens (including phenoxy) is 3. The van der Waals surface area contributed by atoms with Crippen molar-refractivity contribution in [2.75, 3.05) is 27.4 Å². The Kier molecular flexibility index (Phi) is 8.46. The number of aryl methyl sites for hydroxylation is 1. The van der Waals surface area contributed by atoms with E-state index in [2.05, 4.69) is 41.6 Å². The van der Waals surface area contributed by atoms with Gasteiger partial charge in [0.2, 0.25) is 0 Å². The summed E-state index contributed by atoms with van der Waals surface area (Å²) in [7, 11) is 3.27. The molecule has 6 heteroatoms. The highest BCUT2D eigenvalue weighted by atomic mass is 16.5. The zero-order valence-corrected chi connectivity index (χ0v) is 17.5. The van der Waals surface area contributed by atoms with Crippen LogP contribution in [-0.4, -0.2) is 33.3 Å². The molecule has 0 amide bonds. The van der Waals surface area contributed by atoms with E-state index in [1.807, 2.05) is 31.2 Å². The molecule has 0 aliphatic rings. The summed E-state index contributed by atoms with van der Waals surface area (Å²) in [4.78, 5) is 4.69. The molecule has 0 aliphatic carbocycles. The predicted molar refractivity (Wildman–Crippen MR) is 114 cm³/mol. The number of guanidine groups is 1. The van der Waals surface area contributed by atoms with Gasteiger partial charge >= 0.3 is 0 Å². The van der Waals surface area contributed by atoms with E-state index in [-0.39, 0.29) is 0 Å². The number of hydrogen-bond acceptors (Lipinski definition) is 4. The lowest BCUT2D eigenvalue weighted by Crippen LogP contribution is -2.36. The Morgan fingerprint density at radius 1 is 0.893 bits per heavy atom. The number of nitrogens with zero attached hydrogens (tertiary/aromatic N) is 1. The summed E-state index contributed by atoms with van der Waals surface area (Å²) in [5.74, 6) is 3.13. The van der Waals surface area contributed by atoms with Crippen LogP contribution in [0.4, 0.5) is 0 Å². The number of hydrogen-bond donors (Lipinski definition) is 2. The van der Waals surface area contributed by atoms with Crippen LogP contribution in [0.2, 0.25) is 0 Å². The first-order chi connectivity index (χ1) is 13.6. The number of benzene rings is 2. The van der Waals surface area contributed by atoms with Gasteiger partial charge in [0.15, 0.2) is 17.5 Å². The van der Waals surface area contributed by atoms with Crippen molar-refractivity contribution in [2.45, 2.75) is 33.9 Å². The lowest BCUT2D eigenvalue weighted by Gasteiger charge is -2.13. The fourth-order valence-corrected chi connectivity index (χ4v) is 2.82. The third-order valence-corrected chi connectivity index (χ3v) is 4.21. The van der Waals surface area contributed by atoms with Crippen LogP contribution in [0, 0.1) is 6.92 Å². The topological polar surface area (TPSA) is 64.1 Å². The molecule has 0 spiro atoms. The second-order valence-corrected chi connectivity index (χ2v) is 6.27. The van der Waals surface area contributed by atoms with Gasteiger partial charge in [0.25, 0.3) is 0 Å². The van der Waals surface area contributed by atoms with Crippen LogP contribution in [0.25, 0.3) is 0 Å². The molecule has 0 saturated carbocycles. The quantitative estimate of drug-likeness (QED) is 0.509. The predicted octanol–water partition coefficient (Wildman–Crippen LogP) is 3.67. The minimum atomic E-state index is 0.592. The Morgan fingerprint density at radius 3 is 2.25 bits per heavy atom. The fraction of sp³-hybridized carbons (Fsp3) is 0.409. The Labute approximate surface area is 167 Å². The first-order valence-corrected chi connectivity index (χ1v) is 9.56. The van der Waals surface area contributed by atoms with Gasteiger partial charge in [-0.2, -0.15) is 0 Å². The summed E-state index contributed by atoms with van der Waals surface area (Å²) in [6.45, 7) is 8.78. The van der Waals surface area contributed by atoms with Gasteiger partial charge in [-0.1, -0.05) is 18.2 Å². The number of nitrogens with one attached hydrogen (secondary N) is 2. The van der Waals surface area contributed by atoms with Crippen LogP contribution >= 0.6 is 0 Å². The largest absolute Gasteiger partial charge is 0.494 e. The fourth-order valence-electron chi connectivity index (χ4n) is 2.82. The maximum atomic E-state index is 5.60. The van der Waals surface area contributed by atoms with Crippen LogP contribution in [0.1, 0.15) is 30.5 Å². The van der Waals surface area contributed by atoms with Crippen molar-refractivity contribution in [3.8, 4) is 17.2 Å². The van der Waals surface area contributed by atoms with Crippen molar-refractivity contribution >= 4 is 5.96 Å². The van der Waals surface area contributed by atoms with Gasteiger partial charge in [-0.25, -0.2) is 4.99 Å². The molecule has 0 aromatic heterocycles. The number of aliphatic imine (C=N–C) groups is 1. The minimum absolute atomic E-state index is 0.592. The summed E-state index contributed by atoms with van der Waals surface area (Å²) in [6.07, 6.45) is 0. The minimum Gasteiger partial charge on any atom is -0.494 e. The Hall–Kier alpha value is -2.89. The summed E-state index contributed by atoms with van der Waals surface area (Å²) in [6, 6.07) is 12.1. The molecule has 0 heterocycles. The van der Waals surface area contributed by atoms with Crippen molar-refractivity contribution < 1.29 is 14.2 Å². The van der Waals surface area contributed by atoms with Crippen molar-refractivity contribution in [3.63, 3.8) is 0 Å². The molecule has 0 aliphatic heterocycles. The van der Waals surface area contributed by atoms with Crippen LogP contribution in [-0.2, 0) is 13.1 Å². The molecule has 0 radical (unpaired) electrons. The highest BCUT2D eigenvalue weighted by Gasteiger charge is 2.06. The SMILES string of the molecule is CCNC(=NCc1ccc(OCC)c(C)c1)NCc1ccc(OC)c(OC)c1. The van der Waals surface area contributed by atoms with E-state index < -0.39 is 0 Å². The molecule has 2 N–H and O–H groups in total. The molecule has 0 bridgehead atoms. The molecule has 0 fully saturated rings. The molecule has 152 valence electrons. The van der Waals surface area contributed by atoms with E-state index in [1.165, 1.54) is 0 Å². The summed E-state index contributed by atoms with van der Waals surface area (Å²) in [5.41, 5.74) is 3.35. The van der Waals surface area contributed by atoms with E-state index >= 15 is 0 Å². The van der Waals surface area contributed by atoms with Gasteiger partial charge in [0.05, 0.1) is 27.4 Å². The van der Waals surface area contributed by atoms with E-state index in [9.17, 15) is 0 Å². The molecule has 2 rings (SSSR count). The van der Waals surface area contributed by atoms with Crippen LogP contribution in [0.15, 0.2) is 41.4 Å². The zero-order chi connectivity index (χ0) is 20.4. The van der Waals surface area contributed by atoms with Gasteiger partial charge in [-0.3, -0.25) is 0 Å². The lowest BCUT2D eigenvalue weighted by atomic mass is 10.1. The zero-order valence-electron chi connectivity index (χ0n) is 17.5. The van der Waals surface area contributed by atoms with Crippen LogP contribution in [0.3, 0.4) is 0 Å². The van der Waals surface area contributed by atoms with E-state index in [0.717, 1.165) is 40.7 Å². The van der Waals surface area contributed by atoms with Crippen molar-refractivity contribution in [1.29, 1.82) is 0 Å². The summed E-state index contributed by atoms with van der Waals surface area (Å²) < 4.78 is 16.3. The average Bonchev–Trinajstić information content (AvgIpc) is 2.71. The van der Waals surface area contributed by atoms with Gasteiger partial charge in [0.1, 0.15) is 5.75 Å². The van der Waals surface area contributed by atoms with Gasteiger partial charge in [-0.15, -0.1) is 0 Å². The standard InChI is InChI=1S/C22H31N3O3/c1-6-23-22(24-14-17-8-10-19(28-7-2)16(3)12-17)25-15-18-9-11-20(26-4)21(13-18)27-5/h8-13H,6-7,14-15H2,1-5H3,(H2,23,24,25). The Balaban J connectivity index is 2.03. The molecule has 2 aromatic rings. The third-order valence-electron chi connectivity index (χ3n) is 4.21. The van der Waals surface area contributed by atoms with Crippen molar-refractivity contribution in [1.82, 2.24) is 10.6 Å². The summed E-state index contributed by atoms with van der Waals surface area (Å²) in [5, 5.41) is 6.64. The first kappa shape index (κ1) is 21.4. The van der Waals surface area contributed by atoms with Gasteiger partial charge in [-0.05, 0) is 55.7 Å². The maximum Gasteiger partial charge on any atom is 0.191 e. The maximum absolute atomic E-state index is 5.60. The number of methoxy groups -OCH3 is 2. The van der Waals surface area contributed by atoms with Crippen LogP contribution < -0.4 is 24.8 Å². The monoisotopic (exact) mass is 385 g/mol. The summed E-state index contributed by atoms with van der Waals surface area (Å²) >= 11 is 0. The smallest absolute Gasteiger partial charge is 0.191 e. The highest BCUT2D eigenvalue weighted by Crippen LogP contribution is 2.27. The van der Waals surface area contributed by atoms with E-state index in [0.29, 0.717) is 25.4 Å². The van der Waals surface area contributed by atoms with Crippen molar-refractivity contribution in [3.05, 3.63) is 53.1 Å². The van der Waals surface area contributed by atoms with E-state index in [1.54, 1.807) is 14.2 Å². The Bertz CT molecular complexity index is 791. The average molecular weight is 386 g/mol. The normalized spacial score (nSPS) is 11.1. The van der Waals surface area contributed by atoms with Gasteiger partial charge < -0.3 is 24.8 Å². The molecule has 0 saturated heterocycles. The van der Waals surface area contributed by atoms with Crippen LogP contribution in [0.5, 0.6) is 17.2 Å². The molecular weight excluding hydrogens is 354 g/mol. The Morgan fingerprint density at radius 2 is 1.61 bits per heavy atom. The molecule has 2 aromatic carbocycles. The van der Waals surface area contributed by atoms with Crippen molar-refractivity contribution in [2.24, 2.45) is 4.99 Å². The van der Waals surface area contributed by atoms with E-state index in [4.69, 9.17) is 14.2 Å². The first-order valence-electron chi connectivity index (χ1n) is 9.56. The molecule has 28 heavy (non-hydrogen) atoms. The third kappa shape index (κ3) is 6.08. The second-order valence-electron chi connectivity index (χ2n) is 6.27. The molecule has 0 atom stereocenters. The number of rotatable bonds is 9. The van der Waals surface area contributed by atoms with Gasteiger partial charge in [0, 0.05) is 13.1 Å². The molecular formula is C22H31N3O3. The molecule has 0 unspecified atom stereocenters. The highest BCUT2D eigenvalue weighted by molar-refractivity contribution is 5.79. The molecule has 6 nitrogen and oxygen atoms in total.